The van der Waals surface area contributed by atoms with Gasteiger partial charge < -0.3 is 15.2 Å². The summed E-state index contributed by atoms with van der Waals surface area (Å²) in [7, 11) is 0. The fourth-order valence-corrected chi connectivity index (χ4v) is 4.55. The van der Waals surface area contributed by atoms with E-state index < -0.39 is 0 Å². The van der Waals surface area contributed by atoms with E-state index in [1.807, 2.05) is 6.07 Å². The number of aromatic nitrogens is 1. The van der Waals surface area contributed by atoms with Crippen LogP contribution in [0.1, 0.15) is 50.4 Å². The number of carbonyl (C=O) groups excluding carboxylic acids is 2. The number of nitrogens with zero attached hydrogens (tertiary/aromatic N) is 1. The number of hydrogen-bond donors (Lipinski definition) is 2. The van der Waals surface area contributed by atoms with Crippen molar-refractivity contribution in [2.45, 2.75) is 56.6 Å². The first-order valence-electron chi connectivity index (χ1n) is 10.2. The first-order chi connectivity index (χ1) is 14.0. The van der Waals surface area contributed by atoms with Gasteiger partial charge in [-0.1, -0.05) is 54.8 Å². The van der Waals surface area contributed by atoms with Crippen molar-refractivity contribution in [3.05, 3.63) is 47.7 Å². The van der Waals surface area contributed by atoms with Crippen molar-refractivity contribution < 1.29 is 14.1 Å². The summed E-state index contributed by atoms with van der Waals surface area (Å²) >= 11 is 1.32. The lowest BCUT2D eigenvalue weighted by molar-refractivity contribution is -0.118. The lowest BCUT2D eigenvalue weighted by atomic mass is 9.69. The smallest absolute Gasteiger partial charge is 0.238 e. The molecule has 1 atom stereocenters. The van der Waals surface area contributed by atoms with E-state index in [-0.39, 0.29) is 28.2 Å². The van der Waals surface area contributed by atoms with Crippen LogP contribution in [-0.2, 0) is 15.0 Å². The van der Waals surface area contributed by atoms with E-state index >= 15 is 0 Å². The average Bonchev–Trinajstić information content (AvgIpc) is 3.16. The van der Waals surface area contributed by atoms with E-state index in [4.69, 9.17) is 4.52 Å². The van der Waals surface area contributed by atoms with Gasteiger partial charge in [0.25, 0.3) is 0 Å². The Morgan fingerprint density at radius 2 is 1.93 bits per heavy atom. The molecular weight excluding hydrogens is 386 g/mol. The fraction of sp³-hybridized carbons (Fsp3) is 0.500. The minimum atomic E-state index is -0.365. The first kappa shape index (κ1) is 21.4. The molecule has 0 bridgehead atoms. The third kappa shape index (κ3) is 5.85. The molecule has 156 valence electrons. The molecule has 1 unspecified atom stereocenters. The van der Waals surface area contributed by atoms with Crippen LogP contribution in [0.2, 0.25) is 0 Å². The van der Waals surface area contributed by atoms with E-state index in [0.717, 1.165) is 12.8 Å². The van der Waals surface area contributed by atoms with Crippen LogP contribution in [0, 0.1) is 6.92 Å². The third-order valence-electron chi connectivity index (χ3n) is 5.53. The number of aryl methyl sites for hydroxylation is 1. The molecule has 1 aliphatic carbocycles. The van der Waals surface area contributed by atoms with Gasteiger partial charge in [-0.3, -0.25) is 9.59 Å². The molecule has 1 aliphatic rings. The molecular formula is C22H29N3O3S. The molecule has 6 nitrogen and oxygen atoms in total. The number of thioether (sulfide) groups is 1. The van der Waals surface area contributed by atoms with Crippen LogP contribution in [0.15, 0.2) is 40.9 Å². The Morgan fingerprint density at radius 3 is 2.59 bits per heavy atom. The van der Waals surface area contributed by atoms with Crippen molar-refractivity contribution in [3.63, 3.8) is 0 Å². The Labute approximate surface area is 176 Å². The van der Waals surface area contributed by atoms with E-state index in [2.05, 4.69) is 40.1 Å². The lowest BCUT2D eigenvalue weighted by Crippen LogP contribution is -2.43. The molecule has 0 spiro atoms. The molecule has 0 saturated heterocycles. The molecule has 3 rings (SSSR count). The van der Waals surface area contributed by atoms with Gasteiger partial charge in [0.2, 0.25) is 11.8 Å². The number of amides is 2. The molecule has 1 saturated carbocycles. The van der Waals surface area contributed by atoms with Crippen LogP contribution in [0.5, 0.6) is 0 Å². The number of nitrogens with one attached hydrogen (secondary N) is 2. The first-order valence-corrected chi connectivity index (χ1v) is 11.2. The average molecular weight is 416 g/mol. The Balaban J connectivity index is 1.48. The minimum absolute atomic E-state index is 0.0215. The molecule has 2 aromatic rings. The number of hydrogen-bond acceptors (Lipinski definition) is 5. The maximum atomic E-state index is 12.5. The summed E-state index contributed by atoms with van der Waals surface area (Å²) in [6.45, 7) is 4.20. The summed E-state index contributed by atoms with van der Waals surface area (Å²) in [6.07, 6.45) is 5.84. The van der Waals surface area contributed by atoms with Crippen molar-refractivity contribution in [1.82, 2.24) is 10.5 Å². The highest BCUT2D eigenvalue weighted by Gasteiger charge is 2.34. The Hall–Kier alpha value is -2.28. The van der Waals surface area contributed by atoms with Crippen LogP contribution >= 0.6 is 11.8 Å². The van der Waals surface area contributed by atoms with Crippen LogP contribution in [0.25, 0.3) is 0 Å². The molecule has 2 N–H and O–H groups in total. The third-order valence-corrected chi connectivity index (χ3v) is 6.68. The fourth-order valence-electron chi connectivity index (χ4n) is 3.84. The molecule has 1 heterocycles. The highest BCUT2D eigenvalue weighted by Crippen LogP contribution is 2.38. The van der Waals surface area contributed by atoms with Crippen molar-refractivity contribution in [2.75, 3.05) is 17.6 Å². The molecule has 1 aromatic heterocycles. The zero-order chi connectivity index (χ0) is 20.7. The van der Waals surface area contributed by atoms with Crippen molar-refractivity contribution >= 4 is 29.4 Å². The lowest BCUT2D eigenvalue weighted by Gasteiger charge is -2.38. The number of rotatable bonds is 8. The predicted octanol–water partition coefficient (Wildman–Crippen LogP) is 4.06. The molecule has 1 aromatic carbocycles. The summed E-state index contributed by atoms with van der Waals surface area (Å²) in [6, 6.07) is 12.2. The summed E-state index contributed by atoms with van der Waals surface area (Å²) in [5.41, 5.74) is 1.33. The molecule has 7 heteroatoms. The van der Waals surface area contributed by atoms with Crippen LogP contribution < -0.4 is 10.6 Å². The number of benzene rings is 1. The zero-order valence-electron chi connectivity index (χ0n) is 17.1. The molecule has 2 amide bonds. The molecule has 0 aliphatic heterocycles. The SMILES string of the molecule is Cc1cc(NC(=O)C(C)SCC(=O)NCC2(c3ccccc3)CCCCC2)no1. The van der Waals surface area contributed by atoms with Crippen LogP contribution in [-0.4, -0.2) is 34.5 Å². The second-order valence-corrected chi connectivity index (χ2v) is 9.08. The highest BCUT2D eigenvalue weighted by atomic mass is 32.2. The van der Waals surface area contributed by atoms with Gasteiger partial charge in [0.15, 0.2) is 5.82 Å². The summed E-state index contributed by atoms with van der Waals surface area (Å²) in [5, 5.41) is 9.21. The van der Waals surface area contributed by atoms with Crippen LogP contribution in [0.3, 0.4) is 0 Å². The maximum absolute atomic E-state index is 12.5. The van der Waals surface area contributed by atoms with Gasteiger partial charge in [-0.05, 0) is 32.3 Å². The quantitative estimate of drug-likeness (QED) is 0.679. The standard InChI is InChI=1S/C22H29N3O3S/c1-16-13-19(25-28-16)24-21(27)17(2)29-14-20(26)23-15-22(11-7-4-8-12-22)18-9-5-3-6-10-18/h3,5-6,9-10,13,17H,4,7-8,11-12,14-15H2,1-2H3,(H,23,26)(H,24,25,27). The predicted molar refractivity (Wildman–Crippen MR) is 116 cm³/mol. The van der Waals surface area contributed by atoms with Crippen molar-refractivity contribution in [2.24, 2.45) is 0 Å². The highest BCUT2D eigenvalue weighted by molar-refractivity contribution is 8.01. The number of carbonyl (C=O) groups is 2. The molecule has 29 heavy (non-hydrogen) atoms. The second-order valence-electron chi connectivity index (χ2n) is 7.75. The minimum Gasteiger partial charge on any atom is -0.360 e. The number of anilines is 1. The Kier molecular flexibility index (Phi) is 7.36. The van der Waals surface area contributed by atoms with Gasteiger partial charge in [0, 0.05) is 18.0 Å². The monoisotopic (exact) mass is 415 g/mol. The van der Waals surface area contributed by atoms with E-state index in [1.165, 1.54) is 36.6 Å². The van der Waals surface area contributed by atoms with E-state index in [1.54, 1.807) is 19.9 Å². The normalized spacial score (nSPS) is 16.8. The van der Waals surface area contributed by atoms with Crippen molar-refractivity contribution in [1.29, 1.82) is 0 Å². The van der Waals surface area contributed by atoms with Gasteiger partial charge >= 0.3 is 0 Å². The van der Waals surface area contributed by atoms with Gasteiger partial charge in [0.05, 0.1) is 11.0 Å². The largest absolute Gasteiger partial charge is 0.360 e. The van der Waals surface area contributed by atoms with Gasteiger partial charge in [-0.2, -0.15) is 0 Å². The molecule has 1 fully saturated rings. The summed E-state index contributed by atoms with van der Waals surface area (Å²) in [5.74, 6) is 1.05. The Morgan fingerprint density at radius 1 is 1.21 bits per heavy atom. The maximum Gasteiger partial charge on any atom is 0.238 e. The van der Waals surface area contributed by atoms with E-state index in [0.29, 0.717) is 18.1 Å². The van der Waals surface area contributed by atoms with Gasteiger partial charge in [0.1, 0.15) is 5.76 Å². The van der Waals surface area contributed by atoms with Gasteiger partial charge in [-0.25, -0.2) is 0 Å². The van der Waals surface area contributed by atoms with Gasteiger partial charge in [-0.15, -0.1) is 11.8 Å². The van der Waals surface area contributed by atoms with E-state index in [9.17, 15) is 9.59 Å². The second kappa shape index (κ2) is 9.96. The molecule has 0 radical (unpaired) electrons. The van der Waals surface area contributed by atoms with Crippen LogP contribution in [0.4, 0.5) is 5.82 Å². The zero-order valence-corrected chi connectivity index (χ0v) is 17.9. The summed E-state index contributed by atoms with van der Waals surface area (Å²) in [4.78, 5) is 24.7. The topological polar surface area (TPSA) is 84.2 Å². The Bertz CT molecular complexity index is 816. The van der Waals surface area contributed by atoms with Crippen molar-refractivity contribution in [3.8, 4) is 0 Å². The summed E-state index contributed by atoms with van der Waals surface area (Å²) < 4.78 is 4.94.